The van der Waals surface area contributed by atoms with Crippen LogP contribution in [0, 0.1) is 5.41 Å². The van der Waals surface area contributed by atoms with E-state index >= 15 is 0 Å². The van der Waals surface area contributed by atoms with Gasteiger partial charge in [-0.1, -0.05) is 61.5 Å². The summed E-state index contributed by atoms with van der Waals surface area (Å²) in [6.45, 7) is 4.44. The van der Waals surface area contributed by atoms with Crippen LogP contribution in [0.4, 0.5) is 4.79 Å². The molecule has 0 saturated carbocycles. The first-order valence-corrected chi connectivity index (χ1v) is 15.5. The highest BCUT2D eigenvalue weighted by atomic mass is 35.5. The summed E-state index contributed by atoms with van der Waals surface area (Å²) in [5.41, 5.74) is 1.31. The second-order valence-electron chi connectivity index (χ2n) is 9.30. The zero-order valence-corrected chi connectivity index (χ0v) is 24.1. The number of phosphoric acid groups is 1. The molecule has 0 aliphatic carbocycles. The number of rotatable bonds is 8. The Morgan fingerprint density at radius 3 is 2.31 bits per heavy atom. The monoisotopic (exact) mass is 623 g/mol. The molecular weight excluding hydrogens is 597 g/mol. The highest BCUT2D eigenvalue weighted by Crippen LogP contribution is 2.57. The maximum atomic E-state index is 13.0. The summed E-state index contributed by atoms with van der Waals surface area (Å²) >= 11 is 7.14. The van der Waals surface area contributed by atoms with Crippen LogP contribution >= 0.6 is 31.2 Å². The molecule has 2 heterocycles. The topological polar surface area (TPSA) is 175 Å². The zero-order valence-electron chi connectivity index (χ0n) is 20.8. The molecule has 2 amide bonds. The van der Waals surface area contributed by atoms with E-state index in [2.05, 4.69) is 5.32 Å². The molecule has 16 heteroatoms. The van der Waals surface area contributed by atoms with Crippen LogP contribution in [0.3, 0.4) is 0 Å². The fourth-order valence-electron chi connectivity index (χ4n) is 3.33. The third-order valence-electron chi connectivity index (χ3n) is 5.22. The van der Waals surface area contributed by atoms with Crippen LogP contribution in [0.25, 0.3) is 0 Å². The van der Waals surface area contributed by atoms with E-state index in [1.807, 2.05) is 26.0 Å². The first kappa shape index (κ1) is 31.5. The van der Waals surface area contributed by atoms with Gasteiger partial charge in [-0.05, 0) is 41.8 Å². The lowest BCUT2D eigenvalue weighted by Crippen LogP contribution is -2.30. The van der Waals surface area contributed by atoms with Gasteiger partial charge < -0.3 is 4.74 Å². The molecule has 0 radical (unpaired) electrons. The fourth-order valence-corrected chi connectivity index (χ4v) is 6.10. The molecule has 2 atom stereocenters. The Kier molecular flexibility index (Phi) is 10.6. The van der Waals surface area contributed by atoms with E-state index in [-0.39, 0.29) is 36.4 Å². The average Bonchev–Trinajstić information content (AvgIpc) is 3.15. The Balaban J connectivity index is 0.000000771. The molecule has 0 aromatic heterocycles. The largest absolute Gasteiger partial charge is 0.491 e. The van der Waals surface area contributed by atoms with Crippen LogP contribution in [-0.2, 0) is 39.8 Å². The quantitative estimate of drug-likeness (QED) is 0.268. The third-order valence-corrected chi connectivity index (χ3v) is 7.84. The third kappa shape index (κ3) is 10.8. The zero-order chi connectivity index (χ0) is 28.8. The van der Waals surface area contributed by atoms with Crippen LogP contribution in [0.15, 0.2) is 48.5 Å². The SMILES string of the molecule is CC1(C)COP(=O)(OC(COc2ccc(CC3SC(=O)NC3=O)cc2)c2cccc(Cl)c2)OC1.O=S(=O)(O)O. The molecule has 2 unspecified atom stereocenters. The number of amides is 2. The van der Waals surface area contributed by atoms with Crippen molar-refractivity contribution < 1.29 is 50.0 Å². The number of hydrogen-bond acceptors (Lipinski definition) is 10. The van der Waals surface area contributed by atoms with Crippen LogP contribution in [-0.4, -0.2) is 53.7 Å². The smallest absolute Gasteiger partial charge is 0.475 e. The van der Waals surface area contributed by atoms with Gasteiger partial charge in [0.2, 0.25) is 5.91 Å². The van der Waals surface area contributed by atoms with E-state index in [1.165, 1.54) is 0 Å². The van der Waals surface area contributed by atoms with E-state index < -0.39 is 29.6 Å². The number of carbonyl (C=O) groups excluding carboxylic acids is 2. The number of carbonyl (C=O) groups is 2. The van der Waals surface area contributed by atoms with E-state index in [0.29, 0.717) is 22.8 Å². The molecule has 39 heavy (non-hydrogen) atoms. The van der Waals surface area contributed by atoms with Gasteiger partial charge in [0, 0.05) is 10.4 Å². The molecule has 2 aromatic carbocycles. The number of ether oxygens (including phenoxy) is 1. The Morgan fingerprint density at radius 1 is 1.15 bits per heavy atom. The molecule has 3 N–H and O–H groups in total. The normalized spacial score (nSPS) is 20.9. The van der Waals surface area contributed by atoms with Crippen molar-refractivity contribution in [2.45, 2.75) is 31.6 Å². The molecule has 2 fully saturated rings. The second kappa shape index (κ2) is 13.1. The maximum Gasteiger partial charge on any atom is 0.475 e. The maximum absolute atomic E-state index is 13.0. The van der Waals surface area contributed by atoms with Crippen molar-refractivity contribution in [1.82, 2.24) is 5.32 Å². The number of hydrogen-bond donors (Lipinski definition) is 3. The van der Waals surface area contributed by atoms with Crippen molar-refractivity contribution >= 4 is 52.7 Å². The van der Waals surface area contributed by atoms with Crippen molar-refractivity contribution in [2.24, 2.45) is 5.41 Å². The molecule has 12 nitrogen and oxygen atoms in total. The van der Waals surface area contributed by atoms with E-state index in [0.717, 1.165) is 17.3 Å². The predicted molar refractivity (Wildman–Crippen MR) is 143 cm³/mol. The molecule has 0 bridgehead atoms. The minimum atomic E-state index is -4.67. The Hall–Kier alpha value is -2.00. The molecule has 2 aliphatic rings. The lowest BCUT2D eigenvalue weighted by atomic mass is 9.97. The van der Waals surface area contributed by atoms with Crippen LogP contribution in [0.2, 0.25) is 5.02 Å². The van der Waals surface area contributed by atoms with E-state index in [4.69, 9.17) is 47.4 Å². The van der Waals surface area contributed by atoms with Crippen LogP contribution < -0.4 is 10.1 Å². The lowest BCUT2D eigenvalue weighted by Gasteiger charge is -2.34. The summed E-state index contributed by atoms with van der Waals surface area (Å²) in [5.74, 6) is 0.283. The summed E-state index contributed by atoms with van der Waals surface area (Å²) in [6, 6.07) is 14.2. The van der Waals surface area contributed by atoms with Crippen LogP contribution in [0.5, 0.6) is 5.75 Å². The molecule has 2 aromatic rings. The van der Waals surface area contributed by atoms with E-state index in [9.17, 15) is 14.2 Å². The average molecular weight is 624 g/mol. The van der Waals surface area contributed by atoms with Gasteiger partial charge in [0.1, 0.15) is 18.5 Å². The highest BCUT2D eigenvalue weighted by Gasteiger charge is 2.40. The van der Waals surface area contributed by atoms with Crippen molar-refractivity contribution in [1.29, 1.82) is 0 Å². The number of phosphoric ester groups is 1. The molecule has 2 saturated heterocycles. The molecular formula is C23H27ClNO11PS2. The first-order valence-electron chi connectivity index (χ1n) is 11.4. The van der Waals surface area contributed by atoms with Crippen molar-refractivity contribution in [3.63, 3.8) is 0 Å². The number of thioether (sulfide) groups is 1. The second-order valence-corrected chi connectivity index (χ2v) is 13.4. The van der Waals surface area contributed by atoms with Gasteiger partial charge in [-0.2, -0.15) is 8.42 Å². The number of halogens is 1. The Bertz CT molecular complexity index is 1320. The summed E-state index contributed by atoms with van der Waals surface area (Å²) in [7, 11) is -8.44. The summed E-state index contributed by atoms with van der Waals surface area (Å²) in [4.78, 5) is 23.1. The summed E-state index contributed by atoms with van der Waals surface area (Å²) in [6.07, 6.45) is -0.319. The minimum absolute atomic E-state index is 0.0369. The highest BCUT2D eigenvalue weighted by molar-refractivity contribution is 8.15. The molecule has 214 valence electrons. The van der Waals surface area contributed by atoms with Crippen LogP contribution in [0.1, 0.15) is 31.1 Å². The van der Waals surface area contributed by atoms with Gasteiger partial charge in [0.15, 0.2) is 0 Å². The summed E-state index contributed by atoms with van der Waals surface area (Å²) < 4.78 is 67.3. The molecule has 0 spiro atoms. The van der Waals surface area contributed by atoms with Gasteiger partial charge in [-0.3, -0.25) is 37.6 Å². The first-order chi connectivity index (χ1) is 18.1. The Labute approximate surface area is 234 Å². The fraction of sp³-hybridized carbons (Fsp3) is 0.391. The van der Waals surface area contributed by atoms with Gasteiger partial charge in [0.05, 0.1) is 18.5 Å². The number of imide groups is 1. The number of nitrogens with one attached hydrogen (secondary N) is 1. The van der Waals surface area contributed by atoms with Crippen molar-refractivity contribution in [3.8, 4) is 5.75 Å². The predicted octanol–water partition coefficient (Wildman–Crippen LogP) is 4.90. The van der Waals surface area contributed by atoms with Gasteiger partial charge in [-0.25, -0.2) is 4.57 Å². The standard InChI is InChI=1S/C23H25ClNO7PS.H2O4S/c1-23(2)13-30-33(28,31-14-23)32-19(16-4-3-5-17(24)11-16)12-29-18-8-6-15(7-9-18)10-20-21(26)25-22(27)34-20;1-5(2,3)4/h3-9,11,19-20H,10,12-14H2,1-2H3,(H,25,26,27);(H2,1,2,3,4). The minimum Gasteiger partial charge on any atom is -0.491 e. The Morgan fingerprint density at radius 2 is 1.77 bits per heavy atom. The van der Waals surface area contributed by atoms with Gasteiger partial charge in [-0.15, -0.1) is 0 Å². The number of benzene rings is 2. The van der Waals surface area contributed by atoms with Crippen molar-refractivity contribution in [3.05, 3.63) is 64.7 Å². The summed E-state index contributed by atoms with van der Waals surface area (Å²) in [5, 5.41) is 2.04. The lowest BCUT2D eigenvalue weighted by molar-refractivity contribution is -0.118. The molecule has 2 aliphatic heterocycles. The molecule has 4 rings (SSSR count). The van der Waals surface area contributed by atoms with Gasteiger partial charge >= 0.3 is 18.2 Å². The van der Waals surface area contributed by atoms with E-state index in [1.54, 1.807) is 36.4 Å². The van der Waals surface area contributed by atoms with Gasteiger partial charge in [0.25, 0.3) is 5.24 Å². The van der Waals surface area contributed by atoms with Crippen molar-refractivity contribution in [2.75, 3.05) is 19.8 Å².